The summed E-state index contributed by atoms with van der Waals surface area (Å²) >= 11 is 3.40. The maximum Gasteiger partial charge on any atom is 0.160 e. The van der Waals surface area contributed by atoms with E-state index in [0.29, 0.717) is 11.7 Å². The highest BCUT2D eigenvalue weighted by Crippen LogP contribution is 2.29. The van der Waals surface area contributed by atoms with Gasteiger partial charge in [-0.1, -0.05) is 28.9 Å². The molecule has 1 aromatic carbocycles. The average Bonchev–Trinajstić information content (AvgIpc) is 2.16. The minimum atomic E-state index is 0.202. The Kier molecular flexibility index (Phi) is 3.60. The molecule has 0 aliphatic rings. The first-order valence-electron chi connectivity index (χ1n) is 4.12. The van der Waals surface area contributed by atoms with Crippen LogP contribution in [0.3, 0.4) is 0 Å². The second-order valence-electron chi connectivity index (χ2n) is 2.99. The van der Waals surface area contributed by atoms with Gasteiger partial charge in [0, 0.05) is 5.33 Å². The predicted molar refractivity (Wildman–Crippen MR) is 56.9 cm³/mol. The summed E-state index contributed by atoms with van der Waals surface area (Å²) < 4.78 is 4.95. The van der Waals surface area contributed by atoms with Crippen LogP contribution in [0.2, 0.25) is 0 Å². The number of phenols is 1. The van der Waals surface area contributed by atoms with Crippen LogP contribution >= 0.6 is 15.9 Å². The van der Waals surface area contributed by atoms with E-state index in [0.717, 1.165) is 10.9 Å². The van der Waals surface area contributed by atoms with Gasteiger partial charge in [0.2, 0.25) is 0 Å². The number of benzene rings is 1. The molecule has 0 bridgehead atoms. The fourth-order valence-electron chi connectivity index (χ4n) is 1.10. The summed E-state index contributed by atoms with van der Waals surface area (Å²) in [6.45, 7) is 2.09. The summed E-state index contributed by atoms with van der Waals surface area (Å²) in [5.74, 6) is 1.12. The zero-order valence-corrected chi connectivity index (χ0v) is 9.34. The van der Waals surface area contributed by atoms with E-state index < -0.39 is 0 Å². The summed E-state index contributed by atoms with van der Waals surface area (Å²) in [5.41, 5.74) is 1.11. The number of rotatable bonds is 3. The number of methoxy groups -OCH3 is 1. The number of phenolic OH excluding ortho intramolecular Hbond substituents is 1. The fourth-order valence-corrected chi connectivity index (χ4v) is 1.48. The Bertz CT molecular complexity index is 286. The van der Waals surface area contributed by atoms with Crippen LogP contribution in [0.5, 0.6) is 11.5 Å². The van der Waals surface area contributed by atoms with E-state index in [4.69, 9.17) is 4.74 Å². The zero-order valence-electron chi connectivity index (χ0n) is 7.75. The van der Waals surface area contributed by atoms with Crippen LogP contribution in [-0.2, 0) is 0 Å². The smallest absolute Gasteiger partial charge is 0.160 e. The van der Waals surface area contributed by atoms with Gasteiger partial charge in [-0.15, -0.1) is 0 Å². The van der Waals surface area contributed by atoms with Gasteiger partial charge in [-0.2, -0.15) is 0 Å². The molecule has 13 heavy (non-hydrogen) atoms. The van der Waals surface area contributed by atoms with Crippen molar-refractivity contribution in [3.8, 4) is 11.5 Å². The minimum absolute atomic E-state index is 0.202. The van der Waals surface area contributed by atoms with Crippen LogP contribution in [-0.4, -0.2) is 17.5 Å². The van der Waals surface area contributed by atoms with Crippen molar-refractivity contribution in [3.05, 3.63) is 23.8 Å². The molecule has 0 aliphatic carbocycles. The van der Waals surface area contributed by atoms with Crippen LogP contribution < -0.4 is 4.74 Å². The van der Waals surface area contributed by atoms with E-state index in [2.05, 4.69) is 22.9 Å². The largest absolute Gasteiger partial charge is 0.504 e. The summed E-state index contributed by atoms with van der Waals surface area (Å²) in [7, 11) is 1.54. The highest BCUT2D eigenvalue weighted by atomic mass is 79.9. The Morgan fingerprint density at radius 3 is 2.69 bits per heavy atom. The molecular formula is C10H13BrO2. The van der Waals surface area contributed by atoms with Gasteiger partial charge in [0.05, 0.1) is 7.11 Å². The van der Waals surface area contributed by atoms with Gasteiger partial charge < -0.3 is 9.84 Å². The molecule has 0 aliphatic heterocycles. The van der Waals surface area contributed by atoms with Gasteiger partial charge >= 0.3 is 0 Å². The summed E-state index contributed by atoms with van der Waals surface area (Å²) in [4.78, 5) is 0. The second-order valence-corrected chi connectivity index (χ2v) is 3.63. The number of alkyl halides is 1. The van der Waals surface area contributed by atoms with E-state index in [1.54, 1.807) is 19.2 Å². The Hall–Kier alpha value is -0.700. The predicted octanol–water partition coefficient (Wildman–Crippen LogP) is 2.90. The van der Waals surface area contributed by atoms with E-state index in [-0.39, 0.29) is 5.75 Å². The molecule has 0 heterocycles. The molecular weight excluding hydrogens is 232 g/mol. The molecule has 0 fully saturated rings. The number of hydrogen-bond acceptors (Lipinski definition) is 2. The van der Waals surface area contributed by atoms with E-state index in [9.17, 15) is 5.11 Å². The molecule has 0 saturated carbocycles. The Morgan fingerprint density at radius 1 is 1.54 bits per heavy atom. The van der Waals surface area contributed by atoms with Gasteiger partial charge in [0.15, 0.2) is 11.5 Å². The van der Waals surface area contributed by atoms with E-state index >= 15 is 0 Å². The lowest BCUT2D eigenvalue weighted by atomic mass is 10.0. The lowest BCUT2D eigenvalue weighted by Crippen LogP contribution is -1.94. The van der Waals surface area contributed by atoms with Gasteiger partial charge in [-0.3, -0.25) is 0 Å². The van der Waals surface area contributed by atoms with Crippen molar-refractivity contribution >= 4 is 15.9 Å². The maximum atomic E-state index is 9.50. The van der Waals surface area contributed by atoms with Crippen LogP contribution in [0.1, 0.15) is 18.4 Å². The first kappa shape index (κ1) is 10.4. The van der Waals surface area contributed by atoms with Crippen molar-refractivity contribution < 1.29 is 9.84 Å². The number of ether oxygens (including phenoxy) is 1. The molecule has 1 atom stereocenters. The molecule has 1 N–H and O–H groups in total. The van der Waals surface area contributed by atoms with Gasteiger partial charge in [-0.05, 0) is 23.6 Å². The fraction of sp³-hybridized carbons (Fsp3) is 0.400. The lowest BCUT2D eigenvalue weighted by Gasteiger charge is -2.10. The first-order valence-corrected chi connectivity index (χ1v) is 5.24. The molecule has 1 aromatic rings. The van der Waals surface area contributed by atoms with E-state index in [1.807, 2.05) is 6.07 Å². The van der Waals surface area contributed by atoms with Crippen LogP contribution in [0.25, 0.3) is 0 Å². The minimum Gasteiger partial charge on any atom is -0.504 e. The van der Waals surface area contributed by atoms with Crippen molar-refractivity contribution in [2.75, 3.05) is 12.4 Å². The van der Waals surface area contributed by atoms with Crippen molar-refractivity contribution in [2.24, 2.45) is 0 Å². The normalized spacial score (nSPS) is 12.5. The van der Waals surface area contributed by atoms with E-state index in [1.165, 1.54) is 0 Å². The monoisotopic (exact) mass is 244 g/mol. The number of hydrogen-bond donors (Lipinski definition) is 1. The van der Waals surface area contributed by atoms with Gasteiger partial charge in [-0.25, -0.2) is 0 Å². The van der Waals surface area contributed by atoms with Crippen molar-refractivity contribution in [3.63, 3.8) is 0 Å². The van der Waals surface area contributed by atoms with Crippen LogP contribution in [0.4, 0.5) is 0 Å². The van der Waals surface area contributed by atoms with Crippen LogP contribution in [0.15, 0.2) is 18.2 Å². The number of aromatic hydroxyl groups is 1. The molecule has 0 aromatic heterocycles. The van der Waals surface area contributed by atoms with Crippen molar-refractivity contribution in [2.45, 2.75) is 12.8 Å². The van der Waals surface area contributed by atoms with Crippen molar-refractivity contribution in [1.29, 1.82) is 0 Å². The maximum absolute atomic E-state index is 9.50. The van der Waals surface area contributed by atoms with Crippen LogP contribution in [0, 0.1) is 0 Å². The molecule has 72 valence electrons. The quantitative estimate of drug-likeness (QED) is 0.829. The lowest BCUT2D eigenvalue weighted by molar-refractivity contribution is 0.373. The average molecular weight is 245 g/mol. The molecule has 0 amide bonds. The summed E-state index contributed by atoms with van der Waals surface area (Å²) in [6, 6.07) is 5.49. The van der Waals surface area contributed by atoms with Crippen molar-refractivity contribution in [1.82, 2.24) is 0 Å². The third-order valence-corrected chi connectivity index (χ3v) is 2.97. The molecule has 0 radical (unpaired) electrons. The summed E-state index contributed by atoms with van der Waals surface area (Å²) in [5, 5.41) is 10.4. The Morgan fingerprint density at radius 2 is 2.23 bits per heavy atom. The zero-order chi connectivity index (χ0) is 9.84. The molecule has 2 nitrogen and oxygen atoms in total. The molecule has 1 rings (SSSR count). The SMILES string of the molecule is COc1ccc(C(C)CBr)cc1O. The molecule has 0 spiro atoms. The van der Waals surface area contributed by atoms with Gasteiger partial charge in [0.25, 0.3) is 0 Å². The number of halogens is 1. The Labute approximate surface area is 86.7 Å². The third-order valence-electron chi connectivity index (χ3n) is 2.00. The topological polar surface area (TPSA) is 29.5 Å². The van der Waals surface area contributed by atoms with Gasteiger partial charge in [0.1, 0.15) is 0 Å². The standard InChI is InChI=1S/C10H13BrO2/c1-7(6-11)8-3-4-10(13-2)9(12)5-8/h3-5,7,12H,6H2,1-2H3. The highest BCUT2D eigenvalue weighted by molar-refractivity contribution is 9.09. The third kappa shape index (κ3) is 2.37. The molecule has 1 unspecified atom stereocenters. The molecule has 3 heteroatoms. The Balaban J connectivity index is 2.95. The highest BCUT2D eigenvalue weighted by Gasteiger charge is 2.07. The summed E-state index contributed by atoms with van der Waals surface area (Å²) in [6.07, 6.45) is 0. The second kappa shape index (κ2) is 4.51. The molecule has 0 saturated heterocycles. The first-order chi connectivity index (χ1) is 6.19.